The molecule has 5 rings (SSSR count). The molecule has 0 spiro atoms. The molecule has 248 valence electrons. The summed E-state index contributed by atoms with van der Waals surface area (Å²) in [6.45, 7) is 0. The van der Waals surface area contributed by atoms with Crippen molar-refractivity contribution in [2.75, 3.05) is 7.11 Å². The zero-order valence-corrected chi connectivity index (χ0v) is 23.4. The minimum atomic E-state index is -2.20. The zero-order chi connectivity index (χ0) is 33.6. The summed E-state index contributed by atoms with van der Waals surface area (Å²) in [4.78, 5) is 38.4. The van der Waals surface area contributed by atoms with Gasteiger partial charge in [-0.25, -0.2) is 9.59 Å². The number of aromatic hydroxyl groups is 2. The number of phenols is 2. The molecule has 18 nitrogen and oxygen atoms in total. The number of benzene rings is 2. The van der Waals surface area contributed by atoms with Crippen LogP contribution in [-0.2, 0) is 23.8 Å². The van der Waals surface area contributed by atoms with Gasteiger partial charge in [0.15, 0.2) is 35.4 Å². The maximum Gasteiger partial charge on any atom is 0.343 e. The second kappa shape index (κ2) is 12.8. The summed E-state index contributed by atoms with van der Waals surface area (Å²) in [6.07, 6.45) is -21.2. The lowest BCUT2D eigenvalue weighted by Crippen LogP contribution is -2.63. The van der Waals surface area contributed by atoms with E-state index in [1.54, 1.807) is 0 Å². The van der Waals surface area contributed by atoms with Crippen LogP contribution in [0.15, 0.2) is 45.6 Å². The Morgan fingerprint density at radius 1 is 0.739 bits per heavy atom. The summed E-state index contributed by atoms with van der Waals surface area (Å²) in [7, 11) is 1.31. The molecule has 2 fully saturated rings. The fraction of sp³-hybridized carbons (Fsp3) is 0.393. The molecule has 2 saturated heterocycles. The van der Waals surface area contributed by atoms with Crippen LogP contribution >= 0.6 is 0 Å². The summed E-state index contributed by atoms with van der Waals surface area (Å²) >= 11 is 0. The van der Waals surface area contributed by atoms with Crippen LogP contribution in [0.2, 0.25) is 0 Å². The van der Waals surface area contributed by atoms with E-state index in [1.165, 1.54) is 25.3 Å². The number of carbonyl (C=O) groups excluding carboxylic acids is 2. The van der Waals surface area contributed by atoms with Gasteiger partial charge in [0, 0.05) is 23.8 Å². The van der Waals surface area contributed by atoms with E-state index in [-0.39, 0.29) is 28.2 Å². The van der Waals surface area contributed by atoms with Crippen molar-refractivity contribution in [1.82, 2.24) is 0 Å². The summed E-state index contributed by atoms with van der Waals surface area (Å²) < 4.78 is 30.7. The molecule has 3 heterocycles. The first kappa shape index (κ1) is 33.0. The normalized spacial score (nSPS) is 31.3. The minimum absolute atomic E-state index is 0.0203. The van der Waals surface area contributed by atoms with Gasteiger partial charge < -0.3 is 74.1 Å². The van der Waals surface area contributed by atoms with Crippen LogP contribution in [0.5, 0.6) is 23.0 Å². The molecule has 0 bridgehead atoms. The standard InChI is InChI=1S/C28H28O18/c1-41-14-4-8(2-3-10(14)29)13-7-12(31)16-11(30)5-9(6-15(16)43-13)42-26(39)24-20(35)18(33)22(37)28(45-24)46-27(40)23-19(34)17(32)21(36)25(38)44-23/h2-7,17-25,28-30,32-38H,1H3/t17-,18-,19-,20-,21+,22+,23-,24-,25+,28-/m0/s1. The Balaban J connectivity index is 1.37. The highest BCUT2D eigenvalue weighted by atomic mass is 16.7. The number of ether oxygens (including phenoxy) is 5. The van der Waals surface area contributed by atoms with Crippen molar-refractivity contribution in [2.45, 2.75) is 61.4 Å². The third kappa shape index (κ3) is 6.08. The number of aliphatic hydroxyl groups is 7. The molecule has 3 aromatic rings. The first-order chi connectivity index (χ1) is 21.7. The number of aliphatic hydroxyl groups excluding tert-OH is 7. The van der Waals surface area contributed by atoms with Crippen LogP contribution in [0.4, 0.5) is 0 Å². The number of hydrogen-bond donors (Lipinski definition) is 9. The second-order valence-corrected chi connectivity index (χ2v) is 10.4. The predicted molar refractivity (Wildman–Crippen MR) is 145 cm³/mol. The molecule has 0 amide bonds. The number of esters is 2. The van der Waals surface area contributed by atoms with Gasteiger partial charge in [-0.05, 0) is 18.2 Å². The molecule has 46 heavy (non-hydrogen) atoms. The van der Waals surface area contributed by atoms with Gasteiger partial charge in [0.05, 0.1) is 7.11 Å². The molecular formula is C28H28O18. The Morgan fingerprint density at radius 3 is 2.07 bits per heavy atom. The van der Waals surface area contributed by atoms with Crippen molar-refractivity contribution in [3.05, 3.63) is 46.6 Å². The van der Waals surface area contributed by atoms with Crippen molar-refractivity contribution in [3.63, 3.8) is 0 Å². The zero-order valence-electron chi connectivity index (χ0n) is 23.4. The summed E-state index contributed by atoms with van der Waals surface area (Å²) in [5, 5.41) is 90.2. The number of methoxy groups -OCH3 is 1. The van der Waals surface area contributed by atoms with E-state index in [4.69, 9.17) is 28.1 Å². The minimum Gasteiger partial charge on any atom is -0.507 e. The second-order valence-electron chi connectivity index (χ2n) is 10.4. The van der Waals surface area contributed by atoms with E-state index >= 15 is 0 Å². The molecule has 2 aliphatic heterocycles. The average Bonchev–Trinajstić information content (AvgIpc) is 3.01. The number of hydrogen-bond acceptors (Lipinski definition) is 18. The van der Waals surface area contributed by atoms with Crippen molar-refractivity contribution in [2.24, 2.45) is 0 Å². The number of rotatable bonds is 6. The fourth-order valence-electron chi connectivity index (χ4n) is 4.83. The van der Waals surface area contributed by atoms with Crippen LogP contribution in [0.25, 0.3) is 22.3 Å². The Morgan fingerprint density at radius 2 is 1.39 bits per heavy atom. The monoisotopic (exact) mass is 652 g/mol. The molecule has 9 N–H and O–H groups in total. The van der Waals surface area contributed by atoms with Gasteiger partial charge in [-0.3, -0.25) is 4.79 Å². The Hall–Kier alpha value is -4.37. The molecule has 0 aliphatic carbocycles. The Bertz CT molecular complexity index is 1690. The van der Waals surface area contributed by atoms with Crippen molar-refractivity contribution < 1.29 is 83.6 Å². The third-order valence-electron chi connectivity index (χ3n) is 7.32. The van der Waals surface area contributed by atoms with E-state index < -0.39 is 90.3 Å². The number of fused-ring (bicyclic) bond motifs is 1. The maximum absolute atomic E-state index is 13.0. The van der Waals surface area contributed by atoms with Gasteiger partial charge in [-0.2, -0.15) is 0 Å². The molecule has 18 heteroatoms. The molecule has 0 saturated carbocycles. The largest absolute Gasteiger partial charge is 0.507 e. The smallest absolute Gasteiger partial charge is 0.343 e. The molecule has 2 aliphatic rings. The molecule has 2 aromatic carbocycles. The van der Waals surface area contributed by atoms with Crippen molar-refractivity contribution >= 4 is 22.9 Å². The molecular weight excluding hydrogens is 624 g/mol. The van der Waals surface area contributed by atoms with Crippen LogP contribution in [-0.4, -0.2) is 126 Å². The molecule has 10 atom stereocenters. The molecule has 0 unspecified atom stereocenters. The third-order valence-corrected chi connectivity index (χ3v) is 7.32. The Labute approximate surface area is 256 Å². The van der Waals surface area contributed by atoms with E-state index in [1.807, 2.05) is 0 Å². The van der Waals surface area contributed by atoms with E-state index in [2.05, 4.69) is 0 Å². The lowest BCUT2D eigenvalue weighted by molar-refractivity contribution is -0.305. The Kier molecular flexibility index (Phi) is 9.18. The van der Waals surface area contributed by atoms with Gasteiger partial charge in [0.2, 0.25) is 6.29 Å². The van der Waals surface area contributed by atoms with E-state index in [9.17, 15) is 60.3 Å². The fourth-order valence-corrected chi connectivity index (χ4v) is 4.83. The quantitative estimate of drug-likeness (QED) is 0.0943. The summed E-state index contributed by atoms with van der Waals surface area (Å²) in [6, 6.07) is 7.07. The highest BCUT2D eigenvalue weighted by molar-refractivity contribution is 5.87. The lowest BCUT2D eigenvalue weighted by atomic mass is 9.98. The number of carbonyl (C=O) groups is 2. The van der Waals surface area contributed by atoms with Gasteiger partial charge in [-0.1, -0.05) is 0 Å². The summed E-state index contributed by atoms with van der Waals surface area (Å²) in [5.41, 5.74) is -0.646. The van der Waals surface area contributed by atoms with Gasteiger partial charge in [0.25, 0.3) is 0 Å². The van der Waals surface area contributed by atoms with Gasteiger partial charge in [0.1, 0.15) is 64.9 Å². The summed E-state index contributed by atoms with van der Waals surface area (Å²) in [5.74, 6) is -4.24. The topological polar surface area (TPSA) is 293 Å². The van der Waals surface area contributed by atoms with Gasteiger partial charge >= 0.3 is 11.9 Å². The van der Waals surface area contributed by atoms with E-state index in [0.29, 0.717) is 5.56 Å². The first-order valence-electron chi connectivity index (χ1n) is 13.4. The van der Waals surface area contributed by atoms with Crippen molar-refractivity contribution in [1.29, 1.82) is 0 Å². The van der Waals surface area contributed by atoms with Crippen LogP contribution in [0, 0.1) is 0 Å². The van der Waals surface area contributed by atoms with Gasteiger partial charge in [-0.15, -0.1) is 0 Å². The van der Waals surface area contributed by atoms with Crippen molar-refractivity contribution in [3.8, 4) is 34.3 Å². The molecule has 0 radical (unpaired) electrons. The highest BCUT2D eigenvalue weighted by Crippen LogP contribution is 2.35. The maximum atomic E-state index is 13.0. The molecule has 1 aromatic heterocycles. The SMILES string of the molecule is COc1cc(-c2cc(=O)c3c(O)cc(OC(=O)[C@H]4O[C@@H](OC(=O)[C@H]5O[C@@H](O)[C@H](O)[C@@H](O)[C@@H]5O)[C@H](O)[C@@H](O)[C@@H]4O)cc3o2)ccc1O. The lowest BCUT2D eigenvalue weighted by Gasteiger charge is -2.40. The highest BCUT2D eigenvalue weighted by Gasteiger charge is 2.52. The average molecular weight is 653 g/mol. The first-order valence-corrected chi connectivity index (χ1v) is 13.4. The van der Waals surface area contributed by atoms with Crippen LogP contribution in [0.1, 0.15) is 0 Å². The van der Waals surface area contributed by atoms with E-state index in [0.717, 1.165) is 18.2 Å². The predicted octanol–water partition coefficient (Wildman–Crippen LogP) is -3.06. The number of phenolic OH excluding ortho intramolecular Hbond substituents is 2. The van der Waals surface area contributed by atoms with Crippen LogP contribution < -0.4 is 14.9 Å². The van der Waals surface area contributed by atoms with Crippen LogP contribution in [0.3, 0.4) is 0 Å².